The number of anilines is 1. The van der Waals surface area contributed by atoms with Gasteiger partial charge in [-0.15, -0.1) is 0 Å². The molecule has 0 aliphatic carbocycles. The molecule has 0 aliphatic rings. The zero-order chi connectivity index (χ0) is 13.4. The van der Waals surface area contributed by atoms with Crippen molar-refractivity contribution in [3.8, 4) is 11.4 Å². The smallest absolute Gasteiger partial charge is 0.141 e. The fraction of sp³-hybridized carbons (Fsp3) is 0.143. The maximum atomic E-state index is 6.02. The van der Waals surface area contributed by atoms with Gasteiger partial charge in [0.2, 0.25) is 0 Å². The number of fused-ring (bicyclic) bond motifs is 1. The molecule has 0 aliphatic heterocycles. The van der Waals surface area contributed by atoms with E-state index in [9.17, 15) is 0 Å². The van der Waals surface area contributed by atoms with E-state index in [0.29, 0.717) is 10.8 Å². The molecule has 2 N–H and O–H groups in total. The zero-order valence-electron chi connectivity index (χ0n) is 10.5. The fourth-order valence-electron chi connectivity index (χ4n) is 2.23. The van der Waals surface area contributed by atoms with Crippen molar-refractivity contribution in [2.24, 2.45) is 0 Å². The Balaban J connectivity index is 2.28. The van der Waals surface area contributed by atoms with Crippen LogP contribution in [0.25, 0.3) is 22.4 Å². The lowest BCUT2D eigenvalue weighted by molar-refractivity contribution is 0.796. The van der Waals surface area contributed by atoms with Gasteiger partial charge in [-0.3, -0.25) is 0 Å². The summed E-state index contributed by atoms with van der Waals surface area (Å²) in [4.78, 5) is 8.66. The minimum atomic E-state index is 0.491. The second-order valence-electron chi connectivity index (χ2n) is 4.28. The Hall–Kier alpha value is -2.07. The molecule has 2 aromatic heterocycles. The summed E-state index contributed by atoms with van der Waals surface area (Å²) >= 11 is 6.02. The minimum Gasteiger partial charge on any atom is -0.384 e. The topological polar surface area (TPSA) is 56.7 Å². The monoisotopic (exact) mass is 272 g/mol. The van der Waals surface area contributed by atoms with Crippen LogP contribution in [-0.4, -0.2) is 14.5 Å². The summed E-state index contributed by atoms with van der Waals surface area (Å²) in [7, 11) is 0. The van der Waals surface area contributed by atoms with E-state index in [1.54, 1.807) is 6.20 Å². The molecule has 19 heavy (non-hydrogen) atoms. The van der Waals surface area contributed by atoms with Gasteiger partial charge in [-0.1, -0.05) is 11.6 Å². The van der Waals surface area contributed by atoms with E-state index in [0.717, 1.165) is 29.0 Å². The summed E-state index contributed by atoms with van der Waals surface area (Å²) in [6, 6.07) is 9.47. The van der Waals surface area contributed by atoms with E-state index < -0.39 is 0 Å². The minimum absolute atomic E-state index is 0.491. The number of halogens is 1. The average molecular weight is 273 g/mol. The van der Waals surface area contributed by atoms with Crippen LogP contribution in [0, 0.1) is 0 Å². The SMILES string of the molecule is CCn1c(-c2ccnc(N)c2)nc2cc(Cl)ccc21. The number of aromatic nitrogens is 3. The van der Waals surface area contributed by atoms with Gasteiger partial charge in [-0.25, -0.2) is 9.97 Å². The third kappa shape index (κ3) is 2.04. The molecule has 0 atom stereocenters. The third-order valence-corrected chi connectivity index (χ3v) is 3.30. The molecule has 0 radical (unpaired) electrons. The molecule has 0 amide bonds. The van der Waals surface area contributed by atoms with Gasteiger partial charge in [0.25, 0.3) is 0 Å². The van der Waals surface area contributed by atoms with Crippen molar-refractivity contribution in [3.63, 3.8) is 0 Å². The van der Waals surface area contributed by atoms with Crippen molar-refractivity contribution in [3.05, 3.63) is 41.6 Å². The number of nitrogens with zero attached hydrogens (tertiary/aromatic N) is 3. The number of nitrogen functional groups attached to an aromatic ring is 1. The van der Waals surface area contributed by atoms with Crippen LogP contribution in [0.3, 0.4) is 0 Å². The number of rotatable bonds is 2. The first kappa shape index (κ1) is 12.0. The lowest BCUT2D eigenvalue weighted by Gasteiger charge is -2.06. The molecule has 0 fully saturated rings. The van der Waals surface area contributed by atoms with Crippen molar-refractivity contribution in [1.29, 1.82) is 0 Å². The van der Waals surface area contributed by atoms with Crippen molar-refractivity contribution >= 4 is 28.5 Å². The van der Waals surface area contributed by atoms with Crippen molar-refractivity contribution < 1.29 is 0 Å². The maximum Gasteiger partial charge on any atom is 0.141 e. The molecule has 5 heteroatoms. The molecule has 0 unspecified atom stereocenters. The quantitative estimate of drug-likeness (QED) is 0.778. The van der Waals surface area contributed by atoms with E-state index >= 15 is 0 Å². The number of hydrogen-bond acceptors (Lipinski definition) is 3. The van der Waals surface area contributed by atoms with Crippen molar-refractivity contribution in [2.45, 2.75) is 13.5 Å². The van der Waals surface area contributed by atoms with Crippen LogP contribution >= 0.6 is 11.6 Å². The first-order valence-electron chi connectivity index (χ1n) is 6.06. The average Bonchev–Trinajstić information content (AvgIpc) is 2.76. The zero-order valence-corrected chi connectivity index (χ0v) is 11.2. The van der Waals surface area contributed by atoms with Gasteiger partial charge in [-0.2, -0.15) is 0 Å². The Morgan fingerprint density at radius 1 is 1.26 bits per heavy atom. The normalized spacial score (nSPS) is 11.1. The molecule has 0 bridgehead atoms. The third-order valence-electron chi connectivity index (χ3n) is 3.07. The van der Waals surface area contributed by atoms with Crippen LogP contribution in [0.15, 0.2) is 36.5 Å². The number of benzene rings is 1. The molecule has 96 valence electrons. The Morgan fingerprint density at radius 3 is 2.84 bits per heavy atom. The van der Waals surface area contributed by atoms with Gasteiger partial charge in [-0.05, 0) is 37.3 Å². The Kier molecular flexibility index (Phi) is 2.87. The van der Waals surface area contributed by atoms with Crippen LogP contribution < -0.4 is 5.73 Å². The summed E-state index contributed by atoms with van der Waals surface area (Å²) in [6.07, 6.45) is 1.69. The van der Waals surface area contributed by atoms with Gasteiger partial charge in [0, 0.05) is 23.3 Å². The lowest BCUT2D eigenvalue weighted by atomic mass is 10.2. The van der Waals surface area contributed by atoms with Crippen molar-refractivity contribution in [1.82, 2.24) is 14.5 Å². The van der Waals surface area contributed by atoms with Gasteiger partial charge in [0.15, 0.2) is 0 Å². The summed E-state index contributed by atoms with van der Waals surface area (Å²) in [5.41, 5.74) is 8.65. The number of pyridine rings is 1. The molecule has 3 rings (SSSR count). The Labute approximate surface area is 115 Å². The number of nitrogens with two attached hydrogens (primary N) is 1. The highest BCUT2D eigenvalue weighted by Crippen LogP contribution is 2.27. The predicted molar refractivity (Wildman–Crippen MR) is 78.1 cm³/mol. The van der Waals surface area contributed by atoms with E-state index in [4.69, 9.17) is 17.3 Å². The molecule has 0 saturated carbocycles. The van der Waals surface area contributed by atoms with Gasteiger partial charge < -0.3 is 10.3 Å². The second kappa shape index (κ2) is 4.55. The Morgan fingerprint density at radius 2 is 2.11 bits per heavy atom. The van der Waals surface area contributed by atoms with Crippen LogP contribution in [0.2, 0.25) is 5.02 Å². The van der Waals surface area contributed by atoms with E-state index in [1.807, 2.05) is 30.3 Å². The molecule has 0 spiro atoms. The summed E-state index contributed by atoms with van der Waals surface area (Å²) in [5, 5.41) is 0.689. The summed E-state index contributed by atoms with van der Waals surface area (Å²) in [5.74, 6) is 1.37. The molecular formula is C14H13ClN4. The number of aryl methyl sites for hydroxylation is 1. The summed E-state index contributed by atoms with van der Waals surface area (Å²) < 4.78 is 2.14. The molecule has 0 saturated heterocycles. The summed E-state index contributed by atoms with van der Waals surface area (Å²) in [6.45, 7) is 2.92. The highest BCUT2D eigenvalue weighted by Gasteiger charge is 2.12. The van der Waals surface area contributed by atoms with Gasteiger partial charge >= 0.3 is 0 Å². The van der Waals surface area contributed by atoms with Crippen LogP contribution in [-0.2, 0) is 6.54 Å². The Bertz CT molecular complexity index is 748. The maximum absolute atomic E-state index is 6.02. The molecule has 1 aromatic carbocycles. The molecule has 4 nitrogen and oxygen atoms in total. The highest BCUT2D eigenvalue weighted by molar-refractivity contribution is 6.31. The van der Waals surface area contributed by atoms with Gasteiger partial charge in [0.05, 0.1) is 11.0 Å². The second-order valence-corrected chi connectivity index (χ2v) is 4.72. The lowest BCUT2D eigenvalue weighted by Crippen LogP contribution is -1.98. The first-order valence-corrected chi connectivity index (χ1v) is 6.44. The predicted octanol–water partition coefficient (Wildman–Crippen LogP) is 3.35. The van der Waals surface area contributed by atoms with E-state index in [1.165, 1.54) is 0 Å². The van der Waals surface area contributed by atoms with E-state index in [-0.39, 0.29) is 0 Å². The standard InChI is InChI=1S/C14H13ClN4/c1-2-19-12-4-3-10(15)8-11(12)18-14(19)9-5-6-17-13(16)7-9/h3-8H,2H2,1H3,(H2,16,17). The molecule has 2 heterocycles. The highest BCUT2D eigenvalue weighted by atomic mass is 35.5. The number of hydrogen-bond donors (Lipinski definition) is 1. The largest absolute Gasteiger partial charge is 0.384 e. The van der Waals surface area contributed by atoms with Crippen LogP contribution in [0.1, 0.15) is 6.92 Å². The van der Waals surface area contributed by atoms with Gasteiger partial charge in [0.1, 0.15) is 11.6 Å². The first-order chi connectivity index (χ1) is 9.19. The van der Waals surface area contributed by atoms with Crippen LogP contribution in [0.4, 0.5) is 5.82 Å². The number of imidazole rings is 1. The van der Waals surface area contributed by atoms with Crippen molar-refractivity contribution in [2.75, 3.05) is 5.73 Å². The molecule has 3 aromatic rings. The fourth-order valence-corrected chi connectivity index (χ4v) is 2.40. The molecular weight excluding hydrogens is 260 g/mol. The van der Waals surface area contributed by atoms with E-state index in [2.05, 4.69) is 21.5 Å². The van der Waals surface area contributed by atoms with Crippen LogP contribution in [0.5, 0.6) is 0 Å².